The number of aryl methyl sites for hydroxylation is 2. The molecule has 0 aromatic carbocycles. The number of carbonyl (C=O) groups is 1. The number of carbonyl (C=O) groups excluding carboxylic acids is 1. The van der Waals surface area contributed by atoms with Crippen LogP contribution in [0.1, 0.15) is 29.7 Å². The van der Waals surface area contributed by atoms with Crippen LogP contribution in [-0.4, -0.2) is 59.7 Å². The van der Waals surface area contributed by atoms with Crippen LogP contribution in [0.3, 0.4) is 0 Å². The lowest BCUT2D eigenvalue weighted by molar-refractivity contribution is -0.141. The first-order valence-electron chi connectivity index (χ1n) is 10.8. The molecule has 1 amide bonds. The minimum absolute atomic E-state index is 0.163. The van der Waals surface area contributed by atoms with Crippen LogP contribution in [-0.2, 0) is 22.4 Å². The molecule has 2 fully saturated rings. The normalized spacial score (nSPS) is 21.5. The van der Waals surface area contributed by atoms with Crippen molar-refractivity contribution >= 4 is 44.6 Å². The number of amides is 1. The van der Waals surface area contributed by atoms with Crippen molar-refractivity contribution in [3.63, 3.8) is 0 Å². The molecule has 1 aliphatic carbocycles. The lowest BCUT2D eigenvalue weighted by Crippen LogP contribution is -2.51. The van der Waals surface area contributed by atoms with Gasteiger partial charge in [0.2, 0.25) is 0 Å². The van der Waals surface area contributed by atoms with Crippen LogP contribution in [0.25, 0.3) is 20.9 Å². The van der Waals surface area contributed by atoms with Crippen LogP contribution >= 0.6 is 22.7 Å². The Kier molecular flexibility index (Phi) is 4.73. The lowest BCUT2D eigenvalue weighted by Gasteiger charge is -2.36. The smallest absolute Gasteiger partial charge is 0.251 e. The summed E-state index contributed by atoms with van der Waals surface area (Å²) in [5, 5.41) is 3.33. The van der Waals surface area contributed by atoms with Crippen molar-refractivity contribution in [1.29, 1.82) is 0 Å². The molecule has 3 aromatic rings. The number of piperazine rings is 1. The standard InChI is InChI=1S/C22H24N4O2S2/c27-22(15-5-2-12-28-15)26-10-8-25(9-11-26)20-18-14-4-1-6-16(14)30-21(18)24-19(23-20)17-7-3-13-29-17/h3,7,13,15H,1-2,4-6,8-12H2/t15-/m0/s1. The Hall–Kier alpha value is -2.03. The van der Waals surface area contributed by atoms with Gasteiger partial charge in [-0.05, 0) is 49.1 Å². The summed E-state index contributed by atoms with van der Waals surface area (Å²) >= 11 is 3.53. The van der Waals surface area contributed by atoms with Gasteiger partial charge in [-0.25, -0.2) is 9.97 Å². The molecule has 156 valence electrons. The van der Waals surface area contributed by atoms with E-state index in [9.17, 15) is 4.79 Å². The molecule has 30 heavy (non-hydrogen) atoms. The fourth-order valence-corrected chi connectivity index (χ4v) is 6.75. The van der Waals surface area contributed by atoms with Crippen molar-refractivity contribution in [3.05, 3.63) is 28.0 Å². The molecule has 1 atom stereocenters. The highest BCUT2D eigenvalue weighted by atomic mass is 32.1. The van der Waals surface area contributed by atoms with Crippen LogP contribution in [0.15, 0.2) is 17.5 Å². The highest BCUT2D eigenvalue weighted by Gasteiger charge is 2.32. The number of fused-ring (bicyclic) bond motifs is 3. The van der Waals surface area contributed by atoms with E-state index in [1.807, 2.05) is 16.2 Å². The van der Waals surface area contributed by atoms with Crippen molar-refractivity contribution in [2.24, 2.45) is 0 Å². The van der Waals surface area contributed by atoms with Gasteiger partial charge in [-0.2, -0.15) is 0 Å². The average molecular weight is 441 g/mol. The zero-order valence-electron chi connectivity index (χ0n) is 16.8. The van der Waals surface area contributed by atoms with Crippen molar-refractivity contribution < 1.29 is 9.53 Å². The maximum absolute atomic E-state index is 12.7. The quantitative estimate of drug-likeness (QED) is 0.621. The zero-order valence-corrected chi connectivity index (χ0v) is 18.4. The second-order valence-corrected chi connectivity index (χ2v) is 10.2. The molecule has 6 rings (SSSR count). The van der Waals surface area contributed by atoms with E-state index in [0.717, 1.165) is 73.2 Å². The SMILES string of the molecule is O=C([C@@H]1CCCO1)N1CCN(c2nc(-c3cccs3)nc3sc4c(c23)CCC4)CC1. The Morgan fingerprint density at radius 1 is 1.13 bits per heavy atom. The van der Waals surface area contributed by atoms with E-state index in [1.165, 1.54) is 22.2 Å². The van der Waals surface area contributed by atoms with Gasteiger partial charge in [0.15, 0.2) is 5.82 Å². The Bertz CT molecular complexity index is 1080. The first-order chi connectivity index (χ1) is 14.8. The molecule has 0 unspecified atom stereocenters. The van der Waals surface area contributed by atoms with E-state index in [4.69, 9.17) is 14.7 Å². The molecule has 0 radical (unpaired) electrons. The summed E-state index contributed by atoms with van der Waals surface area (Å²) in [6.07, 6.45) is 5.14. The molecule has 5 heterocycles. The third kappa shape index (κ3) is 3.13. The summed E-state index contributed by atoms with van der Waals surface area (Å²) < 4.78 is 5.61. The molecule has 2 aliphatic heterocycles. The van der Waals surface area contributed by atoms with Crippen molar-refractivity contribution in [2.45, 2.75) is 38.2 Å². The molecule has 0 saturated carbocycles. The summed E-state index contributed by atoms with van der Waals surface area (Å²) in [5.41, 5.74) is 1.46. The number of ether oxygens (including phenoxy) is 1. The highest BCUT2D eigenvalue weighted by Crippen LogP contribution is 2.42. The zero-order chi connectivity index (χ0) is 20.1. The molecule has 0 spiro atoms. The summed E-state index contributed by atoms with van der Waals surface area (Å²) in [6.45, 7) is 3.78. The van der Waals surface area contributed by atoms with Gasteiger partial charge in [-0.15, -0.1) is 22.7 Å². The number of rotatable bonds is 3. The second-order valence-electron chi connectivity index (χ2n) is 8.20. The van der Waals surface area contributed by atoms with E-state index in [1.54, 1.807) is 11.3 Å². The number of hydrogen-bond donors (Lipinski definition) is 0. The number of aromatic nitrogens is 2. The molecular weight excluding hydrogens is 416 g/mol. The van der Waals surface area contributed by atoms with E-state index in [-0.39, 0.29) is 12.0 Å². The monoisotopic (exact) mass is 440 g/mol. The third-order valence-corrected chi connectivity index (χ3v) is 8.43. The van der Waals surface area contributed by atoms with Crippen molar-refractivity contribution in [2.75, 3.05) is 37.7 Å². The fraction of sp³-hybridized carbons (Fsp3) is 0.500. The van der Waals surface area contributed by atoms with E-state index in [2.05, 4.69) is 22.4 Å². The molecule has 3 aliphatic rings. The van der Waals surface area contributed by atoms with Gasteiger partial charge in [0.05, 0.1) is 10.3 Å². The topological polar surface area (TPSA) is 58.6 Å². The summed E-state index contributed by atoms with van der Waals surface area (Å²) in [7, 11) is 0. The van der Waals surface area contributed by atoms with Gasteiger partial charge in [0, 0.05) is 37.7 Å². The molecule has 2 saturated heterocycles. The Labute approximate surface area is 183 Å². The summed E-state index contributed by atoms with van der Waals surface area (Å²) in [5.74, 6) is 2.05. The third-order valence-electron chi connectivity index (χ3n) is 6.38. The van der Waals surface area contributed by atoms with Gasteiger partial charge in [-0.3, -0.25) is 4.79 Å². The van der Waals surface area contributed by atoms with Gasteiger partial charge >= 0.3 is 0 Å². The van der Waals surface area contributed by atoms with Crippen LogP contribution in [0, 0.1) is 0 Å². The van der Waals surface area contributed by atoms with Crippen molar-refractivity contribution in [3.8, 4) is 10.7 Å². The lowest BCUT2D eigenvalue weighted by atomic mass is 10.1. The summed E-state index contributed by atoms with van der Waals surface area (Å²) in [4.78, 5) is 30.8. The Morgan fingerprint density at radius 3 is 2.80 bits per heavy atom. The summed E-state index contributed by atoms with van der Waals surface area (Å²) in [6, 6.07) is 4.15. The van der Waals surface area contributed by atoms with Gasteiger partial charge < -0.3 is 14.5 Å². The van der Waals surface area contributed by atoms with Crippen LogP contribution in [0.4, 0.5) is 5.82 Å². The highest BCUT2D eigenvalue weighted by molar-refractivity contribution is 7.19. The number of anilines is 1. The first-order valence-corrected chi connectivity index (χ1v) is 12.5. The van der Waals surface area contributed by atoms with Crippen LogP contribution in [0.5, 0.6) is 0 Å². The molecular formula is C22H24N4O2S2. The Morgan fingerprint density at radius 2 is 2.03 bits per heavy atom. The second kappa shape index (κ2) is 7.59. The van der Waals surface area contributed by atoms with E-state index >= 15 is 0 Å². The number of nitrogens with zero attached hydrogens (tertiary/aromatic N) is 4. The predicted molar refractivity (Wildman–Crippen MR) is 121 cm³/mol. The number of thiophene rings is 2. The fourth-order valence-electron chi connectivity index (χ4n) is 4.84. The molecule has 0 N–H and O–H groups in total. The predicted octanol–water partition coefficient (Wildman–Crippen LogP) is 3.74. The van der Waals surface area contributed by atoms with Crippen LogP contribution in [0.2, 0.25) is 0 Å². The minimum atomic E-state index is -0.229. The van der Waals surface area contributed by atoms with Gasteiger partial charge in [-0.1, -0.05) is 6.07 Å². The van der Waals surface area contributed by atoms with Crippen molar-refractivity contribution in [1.82, 2.24) is 14.9 Å². The van der Waals surface area contributed by atoms with Gasteiger partial charge in [0.25, 0.3) is 5.91 Å². The van der Waals surface area contributed by atoms with E-state index < -0.39 is 0 Å². The average Bonchev–Trinajstić information content (AvgIpc) is 3.57. The maximum Gasteiger partial charge on any atom is 0.251 e. The maximum atomic E-state index is 12.7. The minimum Gasteiger partial charge on any atom is -0.368 e. The number of hydrogen-bond acceptors (Lipinski definition) is 7. The molecule has 8 heteroatoms. The molecule has 3 aromatic heterocycles. The molecule has 6 nitrogen and oxygen atoms in total. The largest absolute Gasteiger partial charge is 0.368 e. The molecule has 0 bridgehead atoms. The Balaban J connectivity index is 1.32. The van der Waals surface area contributed by atoms with E-state index in [0.29, 0.717) is 6.61 Å². The van der Waals surface area contributed by atoms with Gasteiger partial charge in [0.1, 0.15) is 16.8 Å². The first kappa shape index (κ1) is 18.7. The van der Waals surface area contributed by atoms with Crippen LogP contribution < -0.4 is 4.90 Å².